The normalized spacial score (nSPS) is 19.6. The summed E-state index contributed by atoms with van der Waals surface area (Å²) in [5, 5.41) is 4.29. The molecule has 1 aromatic carbocycles. The molecule has 3 aromatic heterocycles. The summed E-state index contributed by atoms with van der Waals surface area (Å²) in [4.78, 5) is 11.3. The second-order valence-corrected chi connectivity index (χ2v) is 10.7. The third kappa shape index (κ3) is 4.78. The third-order valence-corrected chi connectivity index (χ3v) is 8.13. The van der Waals surface area contributed by atoms with Crippen LogP contribution in [-0.4, -0.2) is 25.8 Å². The lowest BCUT2D eigenvalue weighted by atomic mass is 9.96. The van der Waals surface area contributed by atoms with Gasteiger partial charge in [0, 0.05) is 42.2 Å². The van der Waals surface area contributed by atoms with Crippen molar-refractivity contribution in [3.05, 3.63) is 107 Å². The summed E-state index contributed by atoms with van der Waals surface area (Å²) in [5.74, 6) is 0.922. The molecule has 1 aliphatic carbocycles. The lowest BCUT2D eigenvalue weighted by Gasteiger charge is -2.28. The number of rotatable bonds is 7. The number of hydrogen-bond acceptors (Lipinski definition) is 4. The molecular weight excluding hydrogens is 490 g/mol. The first-order valence-corrected chi connectivity index (χ1v) is 13.8. The smallest absolute Gasteiger partial charge is 0.174 e. The molecule has 0 radical (unpaired) electrons. The molecule has 1 aliphatic heterocycles. The largest absolute Gasteiger partial charge is 0.490 e. The summed E-state index contributed by atoms with van der Waals surface area (Å²) in [5.41, 5.74) is 6.86. The fraction of sp³-hybridized carbons (Fsp3) is 0.323. The predicted octanol–water partition coefficient (Wildman–Crippen LogP) is 6.44. The van der Waals surface area contributed by atoms with Gasteiger partial charge in [0.1, 0.15) is 5.75 Å². The highest BCUT2D eigenvalue weighted by atomic mass is 32.1. The van der Waals surface area contributed by atoms with Gasteiger partial charge in [0.25, 0.3) is 0 Å². The van der Waals surface area contributed by atoms with E-state index in [2.05, 4.69) is 76.1 Å². The maximum atomic E-state index is 6.23. The van der Waals surface area contributed by atoms with Crippen molar-refractivity contribution >= 4 is 23.0 Å². The van der Waals surface area contributed by atoms with Crippen molar-refractivity contribution in [3.8, 4) is 5.75 Å². The Balaban J connectivity index is 1.37. The molecule has 2 aliphatic rings. The summed E-state index contributed by atoms with van der Waals surface area (Å²) in [6.45, 7) is 5.15. The number of benzene rings is 1. The number of aryl methyl sites for hydroxylation is 1. The number of anilines is 1. The lowest BCUT2D eigenvalue weighted by Crippen LogP contribution is -2.29. The molecule has 0 amide bonds. The topological polar surface area (TPSA) is 55.2 Å². The van der Waals surface area contributed by atoms with Gasteiger partial charge in [0.05, 0.1) is 23.9 Å². The van der Waals surface area contributed by atoms with Crippen LogP contribution in [-0.2, 0) is 6.54 Å². The number of nitrogens with one attached hydrogen (secondary N) is 1. The van der Waals surface area contributed by atoms with E-state index in [9.17, 15) is 0 Å². The van der Waals surface area contributed by atoms with Crippen LogP contribution < -0.4 is 15.0 Å². The average Bonchev–Trinajstić information content (AvgIpc) is 3.65. The van der Waals surface area contributed by atoms with Crippen LogP contribution in [0.2, 0.25) is 0 Å². The van der Waals surface area contributed by atoms with Crippen molar-refractivity contribution in [3.63, 3.8) is 0 Å². The van der Waals surface area contributed by atoms with Crippen LogP contribution >= 0.6 is 12.2 Å². The summed E-state index contributed by atoms with van der Waals surface area (Å²) in [7, 11) is 0. The van der Waals surface area contributed by atoms with Gasteiger partial charge in [-0.05, 0) is 111 Å². The van der Waals surface area contributed by atoms with Crippen molar-refractivity contribution in [2.24, 2.45) is 0 Å². The van der Waals surface area contributed by atoms with Gasteiger partial charge in [-0.15, -0.1) is 0 Å². The number of nitrogens with zero attached hydrogens (tertiary/aromatic N) is 4. The van der Waals surface area contributed by atoms with Crippen LogP contribution in [0.4, 0.5) is 5.69 Å². The van der Waals surface area contributed by atoms with E-state index < -0.39 is 0 Å². The van der Waals surface area contributed by atoms with Crippen molar-refractivity contribution in [1.82, 2.24) is 19.9 Å². The van der Waals surface area contributed by atoms with E-state index in [0.717, 1.165) is 36.5 Å². The van der Waals surface area contributed by atoms with E-state index in [1.165, 1.54) is 35.4 Å². The Morgan fingerprint density at radius 3 is 2.53 bits per heavy atom. The van der Waals surface area contributed by atoms with Crippen molar-refractivity contribution in [2.45, 2.75) is 64.3 Å². The zero-order valence-corrected chi connectivity index (χ0v) is 22.7. The summed E-state index contributed by atoms with van der Waals surface area (Å²) < 4.78 is 8.59. The zero-order valence-electron chi connectivity index (χ0n) is 21.9. The van der Waals surface area contributed by atoms with E-state index in [1.807, 2.05) is 36.8 Å². The molecule has 7 heteroatoms. The van der Waals surface area contributed by atoms with E-state index in [4.69, 9.17) is 21.9 Å². The van der Waals surface area contributed by atoms with Crippen LogP contribution in [0.1, 0.15) is 66.0 Å². The molecule has 194 valence electrons. The SMILES string of the molecule is Cc1cc([C@H]2[C@H](c3ccccn3)NC(=S)N2c2ccc(OC3CCCC3)cc2)c(C)n1Cc1cccnc1. The van der Waals surface area contributed by atoms with Crippen LogP contribution in [0, 0.1) is 13.8 Å². The minimum absolute atomic E-state index is 0.0483. The van der Waals surface area contributed by atoms with Gasteiger partial charge in [0.2, 0.25) is 0 Å². The van der Waals surface area contributed by atoms with E-state index in [-0.39, 0.29) is 12.1 Å². The van der Waals surface area contributed by atoms with Crippen LogP contribution in [0.3, 0.4) is 0 Å². The van der Waals surface area contributed by atoms with Gasteiger partial charge < -0.3 is 19.5 Å². The Kier molecular flexibility index (Phi) is 6.85. The van der Waals surface area contributed by atoms with Gasteiger partial charge in [-0.25, -0.2) is 0 Å². The number of aromatic nitrogens is 3. The monoisotopic (exact) mass is 523 g/mol. The molecule has 38 heavy (non-hydrogen) atoms. The number of ether oxygens (including phenoxy) is 1. The summed E-state index contributed by atoms with van der Waals surface area (Å²) in [6, 6.07) is 20.7. The molecule has 2 atom stereocenters. The fourth-order valence-electron chi connectivity index (χ4n) is 5.88. The highest BCUT2D eigenvalue weighted by molar-refractivity contribution is 7.80. The molecule has 4 aromatic rings. The van der Waals surface area contributed by atoms with Crippen molar-refractivity contribution < 1.29 is 4.74 Å². The first kappa shape index (κ1) is 24.6. The Bertz CT molecular complexity index is 1400. The number of pyridine rings is 2. The second-order valence-electron chi connectivity index (χ2n) is 10.3. The molecule has 1 saturated heterocycles. The molecule has 6 nitrogen and oxygen atoms in total. The number of thiocarbonyl (C=S) groups is 1. The molecule has 4 heterocycles. The van der Waals surface area contributed by atoms with E-state index >= 15 is 0 Å². The van der Waals surface area contributed by atoms with Crippen LogP contribution in [0.25, 0.3) is 0 Å². The maximum Gasteiger partial charge on any atom is 0.174 e. The second kappa shape index (κ2) is 10.6. The highest BCUT2D eigenvalue weighted by Gasteiger charge is 2.42. The highest BCUT2D eigenvalue weighted by Crippen LogP contribution is 2.43. The number of hydrogen-bond donors (Lipinski definition) is 1. The molecule has 2 fully saturated rings. The standard InChI is InChI=1S/C31H33N5OS/c1-21-18-27(22(2)35(21)20-23-8-7-16-32-19-23)30-29(28-11-5-6-17-33-28)34-31(38)36(30)24-12-14-26(15-13-24)37-25-9-3-4-10-25/h5-8,11-19,25,29-30H,3-4,9-10,20H2,1-2H3,(H,34,38)/t29-,30-/m0/s1. The van der Waals surface area contributed by atoms with Crippen molar-refractivity contribution in [2.75, 3.05) is 4.90 Å². The Morgan fingerprint density at radius 2 is 1.82 bits per heavy atom. The minimum Gasteiger partial charge on any atom is -0.490 e. The van der Waals surface area contributed by atoms with Gasteiger partial charge in [-0.1, -0.05) is 12.1 Å². The fourth-order valence-corrected chi connectivity index (χ4v) is 6.22. The molecule has 0 spiro atoms. The minimum atomic E-state index is -0.0783. The van der Waals surface area contributed by atoms with Crippen LogP contribution in [0.5, 0.6) is 5.75 Å². The molecule has 0 unspecified atom stereocenters. The maximum absolute atomic E-state index is 6.23. The third-order valence-electron chi connectivity index (χ3n) is 7.81. The first-order chi connectivity index (χ1) is 18.6. The predicted molar refractivity (Wildman–Crippen MR) is 155 cm³/mol. The van der Waals surface area contributed by atoms with Crippen LogP contribution in [0.15, 0.2) is 79.3 Å². The lowest BCUT2D eigenvalue weighted by molar-refractivity contribution is 0.210. The Hall–Kier alpha value is -3.71. The molecule has 1 saturated carbocycles. The van der Waals surface area contributed by atoms with Crippen molar-refractivity contribution in [1.29, 1.82) is 0 Å². The van der Waals surface area contributed by atoms with Gasteiger partial charge in [0.15, 0.2) is 5.11 Å². The van der Waals surface area contributed by atoms with Gasteiger partial charge >= 0.3 is 0 Å². The first-order valence-electron chi connectivity index (χ1n) is 13.4. The summed E-state index contributed by atoms with van der Waals surface area (Å²) >= 11 is 5.95. The van der Waals surface area contributed by atoms with E-state index in [1.54, 1.807) is 0 Å². The Morgan fingerprint density at radius 1 is 1.00 bits per heavy atom. The average molecular weight is 524 g/mol. The Labute approximate surface area is 229 Å². The zero-order chi connectivity index (χ0) is 26.1. The van der Waals surface area contributed by atoms with Gasteiger partial charge in [-0.3, -0.25) is 9.97 Å². The quantitative estimate of drug-likeness (QED) is 0.281. The molecule has 6 rings (SSSR count). The van der Waals surface area contributed by atoms with E-state index in [0.29, 0.717) is 11.2 Å². The molecule has 1 N–H and O–H groups in total. The summed E-state index contributed by atoms with van der Waals surface area (Å²) in [6.07, 6.45) is 10.7. The van der Waals surface area contributed by atoms with Gasteiger partial charge in [-0.2, -0.15) is 0 Å². The molecular formula is C31H33N5OS. The molecule has 0 bridgehead atoms.